The van der Waals surface area contributed by atoms with Crippen LogP contribution in [0.5, 0.6) is 5.75 Å². The number of ether oxygens (including phenoxy) is 1. The van der Waals surface area contributed by atoms with Crippen molar-refractivity contribution in [3.05, 3.63) is 48.3 Å². The third-order valence-electron chi connectivity index (χ3n) is 4.29. The summed E-state index contributed by atoms with van der Waals surface area (Å²) in [4.78, 5) is 16.5. The Hall–Kier alpha value is -2.69. The van der Waals surface area contributed by atoms with Gasteiger partial charge in [0.05, 0.1) is 18.2 Å². The Kier molecular flexibility index (Phi) is 3.99. The minimum atomic E-state index is 0.149. The van der Waals surface area contributed by atoms with Crippen molar-refractivity contribution in [3.63, 3.8) is 0 Å². The number of carbonyl (C=O) groups excluding carboxylic acids is 1. The normalized spacial score (nSPS) is 14.2. The largest absolute Gasteiger partial charge is 0.491 e. The molecule has 0 N–H and O–H groups in total. The molecule has 1 aliphatic carbocycles. The molecule has 2 heterocycles. The molecule has 0 atom stereocenters. The van der Waals surface area contributed by atoms with Gasteiger partial charge in [0.15, 0.2) is 11.5 Å². The van der Waals surface area contributed by atoms with E-state index in [9.17, 15) is 4.79 Å². The summed E-state index contributed by atoms with van der Waals surface area (Å²) in [5.41, 5.74) is 2.75. The van der Waals surface area contributed by atoms with Crippen LogP contribution in [0.4, 0.5) is 0 Å². The van der Waals surface area contributed by atoms with E-state index in [0.717, 1.165) is 35.5 Å². The molecule has 3 aromatic rings. The Morgan fingerprint density at radius 2 is 1.96 bits per heavy atom. The Bertz CT molecular complexity index is 908. The summed E-state index contributed by atoms with van der Waals surface area (Å²) in [5.74, 6) is 1.94. The number of hydrogen-bond donors (Lipinski definition) is 0. The molecule has 1 aromatic carbocycles. The van der Waals surface area contributed by atoms with E-state index in [0.29, 0.717) is 12.2 Å². The van der Waals surface area contributed by atoms with Gasteiger partial charge in [-0.15, -0.1) is 0 Å². The van der Waals surface area contributed by atoms with Crippen LogP contribution < -0.4 is 4.74 Å². The molecule has 0 spiro atoms. The second kappa shape index (κ2) is 6.31. The zero-order valence-electron chi connectivity index (χ0n) is 14.5. The van der Waals surface area contributed by atoms with E-state index in [4.69, 9.17) is 4.74 Å². The maximum atomic E-state index is 12.0. The lowest BCUT2D eigenvalue weighted by atomic mass is 10.1. The fourth-order valence-electron chi connectivity index (χ4n) is 2.92. The predicted octanol–water partition coefficient (Wildman–Crippen LogP) is 3.71. The third kappa shape index (κ3) is 3.40. The van der Waals surface area contributed by atoms with E-state index in [1.54, 1.807) is 0 Å². The maximum absolute atomic E-state index is 12.0. The zero-order chi connectivity index (χ0) is 17.4. The highest BCUT2D eigenvalue weighted by molar-refractivity contribution is 5.84. The molecule has 0 aliphatic heterocycles. The standard InChI is InChI=1S/C20H21N3O2/c1-13(2)25-16-10-8-14(9-11-16)17-4-3-5-20-21-19(22-23(17)20)12-18(24)15-6-7-15/h3-5,8-11,13,15H,6-7,12H2,1-2H3. The highest BCUT2D eigenvalue weighted by Gasteiger charge is 2.30. The Balaban J connectivity index is 1.64. The van der Waals surface area contributed by atoms with Gasteiger partial charge in [-0.05, 0) is 63.1 Å². The van der Waals surface area contributed by atoms with Crippen molar-refractivity contribution in [2.75, 3.05) is 0 Å². The van der Waals surface area contributed by atoms with Gasteiger partial charge in [-0.1, -0.05) is 6.07 Å². The molecule has 0 radical (unpaired) electrons. The number of carbonyl (C=O) groups is 1. The summed E-state index contributed by atoms with van der Waals surface area (Å²) in [6.45, 7) is 4.02. The topological polar surface area (TPSA) is 56.5 Å². The predicted molar refractivity (Wildman–Crippen MR) is 95.6 cm³/mol. The zero-order valence-corrected chi connectivity index (χ0v) is 14.5. The van der Waals surface area contributed by atoms with Gasteiger partial charge in [-0.2, -0.15) is 5.10 Å². The van der Waals surface area contributed by atoms with Gasteiger partial charge in [0.1, 0.15) is 11.5 Å². The first kappa shape index (κ1) is 15.8. The van der Waals surface area contributed by atoms with Crippen LogP contribution >= 0.6 is 0 Å². The molecule has 1 aliphatic rings. The summed E-state index contributed by atoms with van der Waals surface area (Å²) in [6.07, 6.45) is 2.51. The molecule has 1 saturated carbocycles. The first-order valence-electron chi connectivity index (χ1n) is 8.74. The monoisotopic (exact) mass is 335 g/mol. The highest BCUT2D eigenvalue weighted by atomic mass is 16.5. The molecule has 25 heavy (non-hydrogen) atoms. The number of hydrogen-bond acceptors (Lipinski definition) is 4. The molecule has 0 unspecified atom stereocenters. The second-order valence-corrected chi connectivity index (χ2v) is 6.82. The van der Waals surface area contributed by atoms with Crippen LogP contribution in [0.1, 0.15) is 32.5 Å². The van der Waals surface area contributed by atoms with Crippen molar-refractivity contribution in [1.29, 1.82) is 0 Å². The lowest BCUT2D eigenvalue weighted by molar-refractivity contribution is -0.119. The second-order valence-electron chi connectivity index (χ2n) is 6.82. The Morgan fingerprint density at radius 3 is 2.64 bits per heavy atom. The fraction of sp³-hybridized carbons (Fsp3) is 0.350. The van der Waals surface area contributed by atoms with Gasteiger partial charge in [0.2, 0.25) is 0 Å². The number of pyridine rings is 1. The number of aromatic nitrogens is 3. The van der Waals surface area contributed by atoms with Gasteiger partial charge < -0.3 is 4.74 Å². The molecule has 0 bridgehead atoms. The van der Waals surface area contributed by atoms with Gasteiger partial charge in [0.25, 0.3) is 0 Å². The van der Waals surface area contributed by atoms with Crippen LogP contribution in [0.2, 0.25) is 0 Å². The quantitative estimate of drug-likeness (QED) is 0.689. The van der Waals surface area contributed by atoms with E-state index < -0.39 is 0 Å². The van der Waals surface area contributed by atoms with Gasteiger partial charge in [0, 0.05) is 11.5 Å². The minimum absolute atomic E-state index is 0.149. The molecular weight excluding hydrogens is 314 g/mol. The number of ketones is 1. The first-order chi connectivity index (χ1) is 12.1. The Morgan fingerprint density at radius 1 is 1.20 bits per heavy atom. The minimum Gasteiger partial charge on any atom is -0.491 e. The van der Waals surface area contributed by atoms with Crippen molar-refractivity contribution >= 4 is 11.4 Å². The van der Waals surface area contributed by atoms with E-state index in [1.165, 1.54) is 0 Å². The molecule has 4 rings (SSSR count). The summed E-state index contributed by atoms with van der Waals surface area (Å²) in [5, 5.41) is 4.56. The van der Waals surface area contributed by atoms with Crippen LogP contribution in [-0.2, 0) is 11.2 Å². The van der Waals surface area contributed by atoms with Crippen LogP contribution in [0.25, 0.3) is 16.9 Å². The maximum Gasteiger partial charge on any atom is 0.159 e. The van der Waals surface area contributed by atoms with Crippen molar-refractivity contribution in [1.82, 2.24) is 14.6 Å². The van der Waals surface area contributed by atoms with Crippen molar-refractivity contribution in [2.45, 2.75) is 39.2 Å². The SMILES string of the molecule is CC(C)Oc1ccc(-c2cccc3nc(CC(=O)C4CC4)nn23)cc1. The number of fused-ring (bicyclic) bond motifs is 1. The van der Waals surface area contributed by atoms with Crippen molar-refractivity contribution in [2.24, 2.45) is 5.92 Å². The summed E-state index contributed by atoms with van der Waals surface area (Å²) in [6, 6.07) is 13.8. The number of nitrogens with zero attached hydrogens (tertiary/aromatic N) is 3. The van der Waals surface area contributed by atoms with Crippen LogP contribution in [-0.4, -0.2) is 26.5 Å². The lowest BCUT2D eigenvalue weighted by Crippen LogP contribution is -2.06. The van der Waals surface area contributed by atoms with Crippen LogP contribution in [0.3, 0.4) is 0 Å². The van der Waals surface area contributed by atoms with E-state index in [-0.39, 0.29) is 17.8 Å². The molecule has 5 heteroatoms. The van der Waals surface area contributed by atoms with Gasteiger partial charge >= 0.3 is 0 Å². The smallest absolute Gasteiger partial charge is 0.159 e. The van der Waals surface area contributed by atoms with E-state index >= 15 is 0 Å². The molecule has 2 aromatic heterocycles. The number of Topliss-reactive ketones (excluding diaryl/α,β-unsaturated/α-hetero) is 1. The average molecular weight is 335 g/mol. The summed E-state index contributed by atoms with van der Waals surface area (Å²) < 4.78 is 7.51. The molecule has 0 saturated heterocycles. The van der Waals surface area contributed by atoms with Crippen LogP contribution in [0.15, 0.2) is 42.5 Å². The molecule has 128 valence electrons. The Labute approximate surface area is 146 Å². The van der Waals surface area contributed by atoms with Gasteiger partial charge in [-0.3, -0.25) is 4.79 Å². The van der Waals surface area contributed by atoms with Crippen LogP contribution in [0, 0.1) is 5.92 Å². The molecule has 5 nitrogen and oxygen atoms in total. The van der Waals surface area contributed by atoms with E-state index in [1.807, 2.05) is 60.8 Å². The van der Waals surface area contributed by atoms with Gasteiger partial charge in [-0.25, -0.2) is 9.50 Å². The lowest BCUT2D eigenvalue weighted by Gasteiger charge is -2.10. The highest BCUT2D eigenvalue weighted by Crippen LogP contribution is 2.31. The van der Waals surface area contributed by atoms with Crippen molar-refractivity contribution in [3.8, 4) is 17.0 Å². The molecule has 1 fully saturated rings. The third-order valence-corrected chi connectivity index (χ3v) is 4.29. The average Bonchev–Trinajstić information content (AvgIpc) is 3.35. The first-order valence-corrected chi connectivity index (χ1v) is 8.74. The van der Waals surface area contributed by atoms with E-state index in [2.05, 4.69) is 10.1 Å². The summed E-state index contributed by atoms with van der Waals surface area (Å²) >= 11 is 0. The molecular formula is C20H21N3O2. The summed E-state index contributed by atoms with van der Waals surface area (Å²) in [7, 11) is 0. The number of rotatable bonds is 6. The fourth-order valence-corrected chi connectivity index (χ4v) is 2.92. The molecule has 0 amide bonds. The van der Waals surface area contributed by atoms with Crippen molar-refractivity contribution < 1.29 is 9.53 Å². The number of benzene rings is 1.